The van der Waals surface area contributed by atoms with Crippen LogP contribution in [0, 0.1) is 12.8 Å². The van der Waals surface area contributed by atoms with E-state index in [4.69, 9.17) is 10.3 Å². The first kappa shape index (κ1) is 14.5. The molecule has 21 heavy (non-hydrogen) atoms. The van der Waals surface area contributed by atoms with E-state index in [2.05, 4.69) is 10.1 Å². The maximum Gasteiger partial charge on any atom is 0.231 e. The van der Waals surface area contributed by atoms with E-state index in [0.717, 1.165) is 45.1 Å². The number of hydrogen-bond donors (Lipinski definition) is 1. The summed E-state index contributed by atoms with van der Waals surface area (Å²) in [5, 5.41) is 3.86. The van der Waals surface area contributed by atoms with Gasteiger partial charge in [0.25, 0.3) is 0 Å². The standard InChI is InChI=1S/C15H24N4O2/c1-10-17-14(21-18-10)12-5-3-7-19(9-12)15(20)11-4-2-6-13(16)8-11/h11-13H,2-9,16H2,1H3. The lowest BCUT2D eigenvalue weighted by Gasteiger charge is -2.35. The molecule has 2 heterocycles. The van der Waals surface area contributed by atoms with E-state index in [9.17, 15) is 4.79 Å². The molecule has 0 radical (unpaired) electrons. The van der Waals surface area contributed by atoms with Gasteiger partial charge in [-0.2, -0.15) is 4.98 Å². The predicted molar refractivity (Wildman–Crippen MR) is 77.5 cm³/mol. The second-order valence-corrected chi connectivity index (χ2v) is 6.43. The SMILES string of the molecule is Cc1noc(C2CCCN(C(=O)C3CCCC(N)C3)C2)n1. The third-order valence-electron chi connectivity index (χ3n) is 4.69. The molecule has 0 bridgehead atoms. The molecule has 1 aliphatic carbocycles. The highest BCUT2D eigenvalue weighted by molar-refractivity contribution is 5.79. The van der Waals surface area contributed by atoms with E-state index in [1.807, 2.05) is 11.8 Å². The van der Waals surface area contributed by atoms with Gasteiger partial charge in [-0.05, 0) is 39.0 Å². The minimum absolute atomic E-state index is 0.108. The zero-order valence-electron chi connectivity index (χ0n) is 12.6. The number of nitrogens with zero attached hydrogens (tertiary/aromatic N) is 3. The Morgan fingerprint density at radius 3 is 2.90 bits per heavy atom. The first-order valence-electron chi connectivity index (χ1n) is 7.98. The summed E-state index contributed by atoms with van der Waals surface area (Å²) in [4.78, 5) is 19.0. The van der Waals surface area contributed by atoms with E-state index in [-0.39, 0.29) is 23.8 Å². The van der Waals surface area contributed by atoms with Crippen molar-refractivity contribution in [1.82, 2.24) is 15.0 Å². The van der Waals surface area contributed by atoms with E-state index in [1.54, 1.807) is 0 Å². The highest BCUT2D eigenvalue weighted by Gasteiger charge is 2.33. The van der Waals surface area contributed by atoms with Crippen molar-refractivity contribution < 1.29 is 9.32 Å². The second kappa shape index (κ2) is 6.13. The Kier molecular flexibility index (Phi) is 4.24. The third-order valence-corrected chi connectivity index (χ3v) is 4.69. The number of carbonyl (C=O) groups is 1. The van der Waals surface area contributed by atoms with E-state index >= 15 is 0 Å². The van der Waals surface area contributed by atoms with Gasteiger partial charge in [-0.3, -0.25) is 4.79 Å². The van der Waals surface area contributed by atoms with Gasteiger partial charge in [0, 0.05) is 25.0 Å². The topological polar surface area (TPSA) is 85.2 Å². The van der Waals surface area contributed by atoms with Crippen molar-refractivity contribution in [2.45, 2.75) is 57.4 Å². The van der Waals surface area contributed by atoms with Crippen molar-refractivity contribution in [2.75, 3.05) is 13.1 Å². The molecule has 3 rings (SSSR count). The van der Waals surface area contributed by atoms with E-state index < -0.39 is 0 Å². The lowest BCUT2D eigenvalue weighted by Crippen LogP contribution is -2.44. The summed E-state index contributed by atoms with van der Waals surface area (Å²) in [6.07, 6.45) is 5.94. The van der Waals surface area contributed by atoms with E-state index in [0.29, 0.717) is 18.3 Å². The minimum Gasteiger partial charge on any atom is -0.342 e. The normalized spacial score (nSPS) is 30.4. The Balaban J connectivity index is 1.64. The molecule has 2 N–H and O–H groups in total. The van der Waals surface area contributed by atoms with Gasteiger partial charge in [0.15, 0.2) is 5.82 Å². The number of carbonyl (C=O) groups excluding carboxylic acids is 1. The molecule has 0 aromatic carbocycles. The summed E-state index contributed by atoms with van der Waals surface area (Å²) in [7, 11) is 0. The summed E-state index contributed by atoms with van der Waals surface area (Å²) in [5.41, 5.74) is 6.01. The van der Waals surface area contributed by atoms with Gasteiger partial charge in [0.1, 0.15) is 0 Å². The van der Waals surface area contributed by atoms with Crippen molar-refractivity contribution in [1.29, 1.82) is 0 Å². The number of piperidine rings is 1. The fourth-order valence-corrected chi connectivity index (χ4v) is 3.57. The van der Waals surface area contributed by atoms with Gasteiger partial charge in [-0.15, -0.1) is 0 Å². The summed E-state index contributed by atoms with van der Waals surface area (Å²) < 4.78 is 5.28. The number of nitrogens with two attached hydrogens (primary N) is 1. The molecule has 1 saturated heterocycles. The van der Waals surface area contributed by atoms with Gasteiger partial charge >= 0.3 is 0 Å². The molecule has 3 atom stereocenters. The molecule has 1 saturated carbocycles. The monoisotopic (exact) mass is 292 g/mol. The van der Waals surface area contributed by atoms with Gasteiger partial charge in [0.2, 0.25) is 11.8 Å². The average molecular weight is 292 g/mol. The molecule has 3 unspecified atom stereocenters. The fourth-order valence-electron chi connectivity index (χ4n) is 3.57. The molecule has 1 aromatic rings. The maximum atomic E-state index is 12.7. The number of rotatable bonds is 2. The highest BCUT2D eigenvalue weighted by atomic mass is 16.5. The number of aromatic nitrogens is 2. The van der Waals surface area contributed by atoms with Crippen LogP contribution in [-0.2, 0) is 4.79 Å². The summed E-state index contributed by atoms with van der Waals surface area (Å²) in [5.74, 6) is 1.89. The van der Waals surface area contributed by atoms with Crippen LogP contribution in [0.15, 0.2) is 4.52 Å². The molecular weight excluding hydrogens is 268 g/mol. The Morgan fingerprint density at radius 1 is 1.33 bits per heavy atom. The van der Waals surface area contributed by atoms with Crippen LogP contribution in [-0.4, -0.2) is 40.1 Å². The van der Waals surface area contributed by atoms with Crippen LogP contribution in [0.5, 0.6) is 0 Å². The molecule has 1 aromatic heterocycles. The van der Waals surface area contributed by atoms with Gasteiger partial charge in [-0.1, -0.05) is 11.6 Å². The predicted octanol–water partition coefficient (Wildman–Crippen LogP) is 1.60. The number of hydrogen-bond acceptors (Lipinski definition) is 5. The van der Waals surface area contributed by atoms with Crippen molar-refractivity contribution in [3.05, 3.63) is 11.7 Å². The van der Waals surface area contributed by atoms with Crippen molar-refractivity contribution >= 4 is 5.91 Å². The number of aryl methyl sites for hydroxylation is 1. The largest absolute Gasteiger partial charge is 0.342 e. The van der Waals surface area contributed by atoms with Gasteiger partial charge in [0.05, 0.1) is 5.92 Å². The van der Waals surface area contributed by atoms with Crippen LogP contribution in [0.25, 0.3) is 0 Å². The zero-order chi connectivity index (χ0) is 14.8. The Labute approximate surface area is 125 Å². The number of likely N-dealkylation sites (tertiary alicyclic amines) is 1. The Bertz CT molecular complexity index is 502. The molecule has 0 spiro atoms. The molecular formula is C15H24N4O2. The molecule has 2 aliphatic rings. The summed E-state index contributed by atoms with van der Waals surface area (Å²) >= 11 is 0. The Morgan fingerprint density at radius 2 is 2.19 bits per heavy atom. The van der Waals surface area contributed by atoms with Crippen molar-refractivity contribution in [3.8, 4) is 0 Å². The van der Waals surface area contributed by atoms with Crippen molar-refractivity contribution in [2.24, 2.45) is 11.7 Å². The Hall–Kier alpha value is -1.43. The van der Waals surface area contributed by atoms with Crippen LogP contribution in [0.1, 0.15) is 56.2 Å². The fraction of sp³-hybridized carbons (Fsp3) is 0.800. The summed E-state index contributed by atoms with van der Waals surface area (Å²) in [6, 6.07) is 0.187. The second-order valence-electron chi connectivity index (χ2n) is 6.43. The molecule has 1 amide bonds. The number of amides is 1. The molecule has 6 heteroatoms. The lowest BCUT2D eigenvalue weighted by molar-refractivity contribution is -0.138. The maximum absolute atomic E-state index is 12.7. The quantitative estimate of drug-likeness (QED) is 0.895. The molecule has 2 fully saturated rings. The van der Waals surface area contributed by atoms with Crippen LogP contribution in [0.4, 0.5) is 0 Å². The third kappa shape index (κ3) is 3.26. The minimum atomic E-state index is 0.108. The van der Waals surface area contributed by atoms with Crippen LogP contribution >= 0.6 is 0 Å². The average Bonchev–Trinajstić information content (AvgIpc) is 2.93. The van der Waals surface area contributed by atoms with Crippen LogP contribution in [0.3, 0.4) is 0 Å². The van der Waals surface area contributed by atoms with Gasteiger partial charge < -0.3 is 15.2 Å². The molecule has 6 nitrogen and oxygen atoms in total. The molecule has 1 aliphatic heterocycles. The van der Waals surface area contributed by atoms with Crippen LogP contribution < -0.4 is 5.73 Å². The van der Waals surface area contributed by atoms with Crippen molar-refractivity contribution in [3.63, 3.8) is 0 Å². The molecule has 116 valence electrons. The lowest BCUT2D eigenvalue weighted by atomic mass is 9.84. The zero-order valence-corrected chi connectivity index (χ0v) is 12.6. The first-order valence-corrected chi connectivity index (χ1v) is 7.98. The first-order chi connectivity index (χ1) is 10.1. The van der Waals surface area contributed by atoms with Crippen LogP contribution in [0.2, 0.25) is 0 Å². The van der Waals surface area contributed by atoms with Gasteiger partial charge in [-0.25, -0.2) is 0 Å². The van der Waals surface area contributed by atoms with E-state index in [1.165, 1.54) is 0 Å². The smallest absolute Gasteiger partial charge is 0.231 e. The highest BCUT2D eigenvalue weighted by Crippen LogP contribution is 2.30. The summed E-state index contributed by atoms with van der Waals surface area (Å²) in [6.45, 7) is 3.36.